The predicted octanol–water partition coefficient (Wildman–Crippen LogP) is 4.10. The zero-order valence-corrected chi connectivity index (χ0v) is 16.1. The molecule has 0 bridgehead atoms. The number of amides is 2. The van der Waals surface area contributed by atoms with Crippen molar-refractivity contribution in [3.8, 4) is 17.2 Å². The molecule has 1 fully saturated rings. The molecule has 2 aromatic rings. The van der Waals surface area contributed by atoms with Crippen molar-refractivity contribution in [3.63, 3.8) is 0 Å². The molecule has 2 aromatic carbocycles. The highest BCUT2D eigenvalue weighted by Crippen LogP contribution is 2.43. The summed E-state index contributed by atoms with van der Waals surface area (Å²) in [6, 6.07) is 13.3. The van der Waals surface area contributed by atoms with Gasteiger partial charge in [-0.2, -0.15) is 0 Å². The molecule has 1 heterocycles. The molecule has 0 atom stereocenters. The third-order valence-corrected chi connectivity index (χ3v) is 5.66. The van der Waals surface area contributed by atoms with E-state index in [0.29, 0.717) is 31.2 Å². The number of ether oxygens (including phenoxy) is 3. The van der Waals surface area contributed by atoms with Crippen LogP contribution in [0, 0.1) is 0 Å². The molecule has 6 heteroatoms. The van der Waals surface area contributed by atoms with E-state index >= 15 is 0 Å². The van der Waals surface area contributed by atoms with Crippen molar-refractivity contribution in [2.24, 2.45) is 0 Å². The van der Waals surface area contributed by atoms with Gasteiger partial charge in [0.25, 0.3) is 0 Å². The largest absolute Gasteiger partial charge is 0.495 e. The van der Waals surface area contributed by atoms with Crippen molar-refractivity contribution in [1.29, 1.82) is 0 Å². The van der Waals surface area contributed by atoms with Gasteiger partial charge in [-0.25, -0.2) is 4.79 Å². The lowest BCUT2D eigenvalue weighted by molar-refractivity contribution is 0.171. The summed E-state index contributed by atoms with van der Waals surface area (Å²) in [6.07, 6.45) is 4.40. The van der Waals surface area contributed by atoms with E-state index in [0.717, 1.165) is 37.2 Å². The van der Waals surface area contributed by atoms with E-state index in [4.69, 9.17) is 14.2 Å². The minimum absolute atomic E-state index is 0.0754. The molecule has 0 saturated heterocycles. The first-order valence-electron chi connectivity index (χ1n) is 9.78. The molecule has 2 aliphatic rings. The number of benzene rings is 2. The Labute approximate surface area is 165 Å². The van der Waals surface area contributed by atoms with Crippen molar-refractivity contribution in [2.45, 2.75) is 31.1 Å². The minimum atomic E-state index is -0.228. The number of para-hydroxylation sites is 2. The van der Waals surface area contributed by atoms with Crippen LogP contribution in [0.2, 0.25) is 0 Å². The number of rotatable bonds is 5. The van der Waals surface area contributed by atoms with Gasteiger partial charge in [0, 0.05) is 12.0 Å². The number of hydrogen-bond acceptors (Lipinski definition) is 4. The first-order chi connectivity index (χ1) is 13.7. The number of carbonyl (C=O) groups excluding carboxylic acids is 1. The van der Waals surface area contributed by atoms with Gasteiger partial charge in [-0.1, -0.05) is 31.0 Å². The minimum Gasteiger partial charge on any atom is -0.495 e. The van der Waals surface area contributed by atoms with Crippen LogP contribution in [0.5, 0.6) is 17.2 Å². The fourth-order valence-corrected chi connectivity index (χ4v) is 4.16. The van der Waals surface area contributed by atoms with Gasteiger partial charge in [-0.3, -0.25) is 0 Å². The first-order valence-corrected chi connectivity index (χ1v) is 9.78. The number of anilines is 1. The molecule has 0 unspecified atom stereocenters. The maximum absolute atomic E-state index is 12.5. The summed E-state index contributed by atoms with van der Waals surface area (Å²) >= 11 is 0. The van der Waals surface area contributed by atoms with Crippen molar-refractivity contribution in [2.75, 3.05) is 32.2 Å². The summed E-state index contributed by atoms with van der Waals surface area (Å²) in [4.78, 5) is 12.5. The topological polar surface area (TPSA) is 68.8 Å². The smallest absolute Gasteiger partial charge is 0.319 e. The van der Waals surface area contributed by atoms with E-state index < -0.39 is 0 Å². The molecule has 6 nitrogen and oxygen atoms in total. The second-order valence-corrected chi connectivity index (χ2v) is 7.35. The zero-order chi connectivity index (χ0) is 19.4. The van der Waals surface area contributed by atoms with Gasteiger partial charge in [-0.15, -0.1) is 0 Å². The van der Waals surface area contributed by atoms with Crippen LogP contribution < -0.4 is 24.8 Å². The van der Waals surface area contributed by atoms with Crippen LogP contribution >= 0.6 is 0 Å². The summed E-state index contributed by atoms with van der Waals surface area (Å²) < 4.78 is 16.7. The lowest BCUT2D eigenvalue weighted by Gasteiger charge is -2.31. The Morgan fingerprint density at radius 3 is 2.61 bits per heavy atom. The summed E-state index contributed by atoms with van der Waals surface area (Å²) in [7, 11) is 1.59. The van der Waals surface area contributed by atoms with E-state index in [-0.39, 0.29) is 11.4 Å². The maximum Gasteiger partial charge on any atom is 0.319 e. The third kappa shape index (κ3) is 3.72. The fraction of sp³-hybridized carbons (Fsp3) is 0.409. The lowest BCUT2D eigenvalue weighted by atomic mass is 9.78. The van der Waals surface area contributed by atoms with Gasteiger partial charge in [-0.05, 0) is 42.7 Å². The molecule has 0 spiro atoms. The van der Waals surface area contributed by atoms with E-state index in [1.165, 1.54) is 5.56 Å². The molecule has 148 valence electrons. The number of carbonyl (C=O) groups is 1. The maximum atomic E-state index is 12.5. The number of hydrogen-bond donors (Lipinski definition) is 2. The lowest BCUT2D eigenvalue weighted by Crippen LogP contribution is -2.41. The summed E-state index contributed by atoms with van der Waals surface area (Å²) in [6.45, 7) is 1.73. The monoisotopic (exact) mass is 382 g/mol. The van der Waals surface area contributed by atoms with E-state index in [1.54, 1.807) is 7.11 Å². The predicted molar refractivity (Wildman–Crippen MR) is 108 cm³/mol. The standard InChI is InChI=1S/C22H26N2O4/c1-26-18-7-3-2-6-17(18)24-21(25)23-15-22(10-4-5-11-22)16-8-9-19-20(14-16)28-13-12-27-19/h2-3,6-9,14H,4-5,10-13,15H2,1H3,(H2,23,24,25). The first kappa shape index (κ1) is 18.5. The van der Waals surface area contributed by atoms with Crippen molar-refractivity contribution in [3.05, 3.63) is 48.0 Å². The number of urea groups is 1. The molecule has 2 amide bonds. The molecule has 1 saturated carbocycles. The molecule has 1 aliphatic carbocycles. The average Bonchev–Trinajstić information content (AvgIpc) is 3.22. The summed E-state index contributed by atoms with van der Waals surface area (Å²) in [5, 5.41) is 5.95. The third-order valence-electron chi connectivity index (χ3n) is 5.66. The van der Waals surface area contributed by atoms with Crippen LogP contribution in [0.15, 0.2) is 42.5 Å². The van der Waals surface area contributed by atoms with Crippen molar-refractivity contribution < 1.29 is 19.0 Å². The molecular weight excluding hydrogens is 356 g/mol. The molecular formula is C22H26N2O4. The van der Waals surface area contributed by atoms with Crippen LogP contribution in [0.3, 0.4) is 0 Å². The number of methoxy groups -OCH3 is 1. The number of nitrogens with one attached hydrogen (secondary N) is 2. The zero-order valence-electron chi connectivity index (χ0n) is 16.1. The van der Waals surface area contributed by atoms with E-state index in [1.807, 2.05) is 30.3 Å². The van der Waals surface area contributed by atoms with E-state index in [2.05, 4.69) is 22.8 Å². The van der Waals surface area contributed by atoms with Crippen LogP contribution in [0.4, 0.5) is 10.5 Å². The van der Waals surface area contributed by atoms with Gasteiger partial charge in [0.1, 0.15) is 19.0 Å². The highest BCUT2D eigenvalue weighted by molar-refractivity contribution is 5.91. The Bertz CT molecular complexity index is 846. The van der Waals surface area contributed by atoms with Crippen molar-refractivity contribution in [1.82, 2.24) is 5.32 Å². The van der Waals surface area contributed by atoms with Gasteiger partial charge in [0.2, 0.25) is 0 Å². The molecule has 0 radical (unpaired) electrons. The Morgan fingerprint density at radius 1 is 1.07 bits per heavy atom. The number of fused-ring (bicyclic) bond motifs is 1. The molecule has 4 rings (SSSR count). The SMILES string of the molecule is COc1ccccc1NC(=O)NCC1(c2ccc3c(c2)OCCO3)CCCC1. The summed E-state index contributed by atoms with van der Waals surface area (Å²) in [5.74, 6) is 2.23. The quantitative estimate of drug-likeness (QED) is 0.817. The highest BCUT2D eigenvalue weighted by atomic mass is 16.6. The van der Waals surface area contributed by atoms with Gasteiger partial charge in [0.15, 0.2) is 11.5 Å². The Morgan fingerprint density at radius 2 is 1.82 bits per heavy atom. The van der Waals surface area contributed by atoms with Gasteiger partial charge >= 0.3 is 6.03 Å². The Hall–Kier alpha value is -2.89. The highest BCUT2D eigenvalue weighted by Gasteiger charge is 2.36. The Kier molecular flexibility index (Phi) is 5.28. The van der Waals surface area contributed by atoms with Crippen LogP contribution in [-0.4, -0.2) is 32.9 Å². The van der Waals surface area contributed by atoms with Crippen LogP contribution in [0.25, 0.3) is 0 Å². The molecule has 28 heavy (non-hydrogen) atoms. The van der Waals surface area contributed by atoms with Crippen LogP contribution in [0.1, 0.15) is 31.2 Å². The molecule has 1 aliphatic heterocycles. The van der Waals surface area contributed by atoms with E-state index in [9.17, 15) is 4.79 Å². The van der Waals surface area contributed by atoms with Gasteiger partial charge < -0.3 is 24.8 Å². The summed E-state index contributed by atoms with van der Waals surface area (Å²) in [5.41, 5.74) is 1.78. The second kappa shape index (κ2) is 8.00. The van der Waals surface area contributed by atoms with Gasteiger partial charge in [0.05, 0.1) is 12.8 Å². The molecule has 0 aromatic heterocycles. The van der Waals surface area contributed by atoms with Crippen molar-refractivity contribution >= 4 is 11.7 Å². The second-order valence-electron chi connectivity index (χ2n) is 7.35. The van der Waals surface area contributed by atoms with Crippen LogP contribution in [-0.2, 0) is 5.41 Å². The fourth-order valence-electron chi connectivity index (χ4n) is 4.16. The normalized spacial score (nSPS) is 17.0. The Balaban J connectivity index is 1.47. The average molecular weight is 382 g/mol. The molecule has 2 N–H and O–H groups in total.